The second-order valence-electron chi connectivity index (χ2n) is 7.44. The summed E-state index contributed by atoms with van der Waals surface area (Å²) in [6, 6.07) is 3.69. The molecule has 1 aromatic carbocycles. The molecule has 0 saturated heterocycles. The van der Waals surface area contributed by atoms with Gasteiger partial charge in [-0.3, -0.25) is 14.4 Å². The van der Waals surface area contributed by atoms with Crippen molar-refractivity contribution in [1.29, 1.82) is 0 Å². The number of esters is 1. The highest BCUT2D eigenvalue weighted by Crippen LogP contribution is 2.42. The van der Waals surface area contributed by atoms with Crippen LogP contribution in [-0.2, 0) is 25.5 Å². The van der Waals surface area contributed by atoms with Gasteiger partial charge < -0.3 is 19.1 Å². The van der Waals surface area contributed by atoms with Crippen LogP contribution < -0.4 is 9.47 Å². The molecule has 1 aliphatic rings. The monoisotopic (exact) mass is 431 g/mol. The Hall–Kier alpha value is -2.83. The minimum Gasteiger partial charge on any atom is -0.490 e. The number of hydrogen-bond acceptors (Lipinski definition) is 6. The molecule has 0 bridgehead atoms. The Morgan fingerprint density at radius 1 is 1.16 bits per heavy atom. The predicted molar refractivity (Wildman–Crippen MR) is 118 cm³/mol. The standard InChI is InChI=1S/C24H33NO6/c1-6-25(7-2)22(27)14-16(4)18-11-12-20(30-13-9-10-23(28)29-8-3)24-19(18)15-21(31-24)17(5)26/h11-12,14,21H,6-10,13,15H2,1-5H3/b16-14+. The molecule has 0 fully saturated rings. The number of ether oxygens (including phenoxy) is 3. The molecule has 1 aliphatic heterocycles. The van der Waals surface area contributed by atoms with Crippen LogP contribution in [0, 0.1) is 0 Å². The van der Waals surface area contributed by atoms with E-state index in [1.807, 2.05) is 26.8 Å². The molecule has 1 atom stereocenters. The fraction of sp³-hybridized carbons (Fsp3) is 0.542. The Bertz CT molecular complexity index is 841. The van der Waals surface area contributed by atoms with Gasteiger partial charge in [0.15, 0.2) is 23.4 Å². The van der Waals surface area contributed by atoms with E-state index in [4.69, 9.17) is 14.2 Å². The molecule has 0 saturated carbocycles. The third kappa shape index (κ3) is 6.32. The minimum atomic E-state index is -0.565. The second-order valence-corrected chi connectivity index (χ2v) is 7.44. The molecule has 0 N–H and O–H groups in total. The van der Waals surface area contributed by atoms with Crippen LogP contribution in [0.15, 0.2) is 18.2 Å². The maximum absolute atomic E-state index is 12.5. The number of Topliss-reactive ketones (excluding diaryl/α,β-unsaturated/α-hetero) is 1. The summed E-state index contributed by atoms with van der Waals surface area (Å²) in [5, 5.41) is 0. The zero-order chi connectivity index (χ0) is 23.0. The van der Waals surface area contributed by atoms with Crippen LogP contribution in [0.4, 0.5) is 0 Å². The number of rotatable bonds is 11. The molecule has 31 heavy (non-hydrogen) atoms. The summed E-state index contributed by atoms with van der Waals surface area (Å²) >= 11 is 0. The van der Waals surface area contributed by atoms with E-state index in [1.165, 1.54) is 6.92 Å². The maximum atomic E-state index is 12.5. The van der Waals surface area contributed by atoms with Crippen molar-refractivity contribution in [1.82, 2.24) is 4.90 Å². The molecule has 2 rings (SSSR count). The quantitative estimate of drug-likeness (QED) is 0.303. The number of allylic oxidation sites excluding steroid dienone is 1. The summed E-state index contributed by atoms with van der Waals surface area (Å²) in [7, 11) is 0. The molecule has 1 heterocycles. The zero-order valence-corrected chi connectivity index (χ0v) is 19.2. The molecular weight excluding hydrogens is 398 g/mol. The normalized spacial score (nSPS) is 15.1. The van der Waals surface area contributed by atoms with Crippen LogP contribution in [0.1, 0.15) is 58.6 Å². The fourth-order valence-corrected chi connectivity index (χ4v) is 3.54. The Balaban J connectivity index is 2.23. The van der Waals surface area contributed by atoms with E-state index < -0.39 is 6.10 Å². The van der Waals surface area contributed by atoms with Gasteiger partial charge in [0.25, 0.3) is 0 Å². The molecule has 7 nitrogen and oxygen atoms in total. The molecule has 170 valence electrons. The lowest BCUT2D eigenvalue weighted by molar-refractivity contribution is -0.143. The highest BCUT2D eigenvalue weighted by molar-refractivity contribution is 5.95. The van der Waals surface area contributed by atoms with Gasteiger partial charge in [0, 0.05) is 37.6 Å². The van der Waals surface area contributed by atoms with Gasteiger partial charge in [0.2, 0.25) is 5.91 Å². The lowest BCUT2D eigenvalue weighted by Crippen LogP contribution is -2.28. The average Bonchev–Trinajstić information content (AvgIpc) is 3.18. The summed E-state index contributed by atoms with van der Waals surface area (Å²) in [4.78, 5) is 37.7. The third-order valence-electron chi connectivity index (χ3n) is 5.26. The number of carbonyl (C=O) groups is 3. The second kappa shape index (κ2) is 11.5. The number of benzene rings is 1. The average molecular weight is 432 g/mol. The summed E-state index contributed by atoms with van der Waals surface area (Å²) in [5.74, 6) is 0.720. The predicted octanol–water partition coefficient (Wildman–Crippen LogP) is 3.57. The van der Waals surface area contributed by atoms with Crippen molar-refractivity contribution in [3.8, 4) is 11.5 Å². The highest BCUT2D eigenvalue weighted by Gasteiger charge is 2.32. The number of likely N-dealkylation sites (N-methyl/N-ethyl adjacent to an activating group) is 1. The van der Waals surface area contributed by atoms with Gasteiger partial charge in [0.05, 0.1) is 13.2 Å². The summed E-state index contributed by atoms with van der Waals surface area (Å²) in [5.41, 5.74) is 2.55. The number of carbonyl (C=O) groups excluding carboxylic acids is 3. The van der Waals surface area contributed by atoms with Gasteiger partial charge in [-0.1, -0.05) is 6.07 Å². The molecular formula is C24H33NO6. The highest BCUT2D eigenvalue weighted by atomic mass is 16.5. The maximum Gasteiger partial charge on any atom is 0.305 e. The molecule has 1 aromatic rings. The molecule has 0 aromatic heterocycles. The van der Waals surface area contributed by atoms with E-state index in [1.54, 1.807) is 24.0 Å². The van der Waals surface area contributed by atoms with Crippen LogP contribution in [0.25, 0.3) is 5.57 Å². The topological polar surface area (TPSA) is 82.1 Å². The molecule has 7 heteroatoms. The van der Waals surface area contributed by atoms with Gasteiger partial charge in [-0.2, -0.15) is 0 Å². The van der Waals surface area contributed by atoms with E-state index in [-0.39, 0.29) is 24.1 Å². The van der Waals surface area contributed by atoms with Crippen LogP contribution in [0.2, 0.25) is 0 Å². The SMILES string of the molecule is CCOC(=O)CCCOc1ccc(/C(C)=C/C(=O)N(CC)CC)c2c1OC(C(C)=O)C2. The molecule has 0 spiro atoms. The molecule has 0 radical (unpaired) electrons. The molecule has 1 unspecified atom stereocenters. The lowest BCUT2D eigenvalue weighted by atomic mass is 9.96. The Kier molecular flexibility index (Phi) is 9.09. The fourth-order valence-electron chi connectivity index (χ4n) is 3.54. The molecule has 0 aliphatic carbocycles. The number of nitrogens with zero attached hydrogens (tertiary/aromatic N) is 1. The first-order valence-electron chi connectivity index (χ1n) is 10.9. The minimum absolute atomic E-state index is 0.0439. The summed E-state index contributed by atoms with van der Waals surface area (Å²) < 4.78 is 16.7. The molecule has 1 amide bonds. The van der Waals surface area contributed by atoms with Crippen molar-refractivity contribution in [2.75, 3.05) is 26.3 Å². The number of fused-ring (bicyclic) bond motifs is 1. The van der Waals surface area contributed by atoms with E-state index in [0.717, 1.165) is 16.7 Å². The number of ketones is 1. The van der Waals surface area contributed by atoms with E-state index in [9.17, 15) is 14.4 Å². The van der Waals surface area contributed by atoms with Gasteiger partial charge in [0.1, 0.15) is 0 Å². The Labute approximate surface area is 184 Å². The largest absolute Gasteiger partial charge is 0.490 e. The van der Waals surface area contributed by atoms with Gasteiger partial charge in [-0.25, -0.2) is 0 Å². The van der Waals surface area contributed by atoms with Crippen molar-refractivity contribution in [2.24, 2.45) is 0 Å². The first-order chi connectivity index (χ1) is 14.8. The van der Waals surface area contributed by atoms with Gasteiger partial charge in [-0.15, -0.1) is 0 Å². The van der Waals surface area contributed by atoms with Crippen LogP contribution >= 0.6 is 0 Å². The van der Waals surface area contributed by atoms with E-state index >= 15 is 0 Å². The summed E-state index contributed by atoms with van der Waals surface area (Å²) in [6.45, 7) is 11.0. The van der Waals surface area contributed by atoms with Crippen molar-refractivity contribution < 1.29 is 28.6 Å². The van der Waals surface area contributed by atoms with Crippen molar-refractivity contribution in [2.45, 2.75) is 60.0 Å². The van der Waals surface area contributed by atoms with Crippen LogP contribution in [0.3, 0.4) is 0 Å². The summed E-state index contributed by atoms with van der Waals surface area (Å²) in [6.07, 6.45) is 2.29. The van der Waals surface area contributed by atoms with Crippen molar-refractivity contribution in [3.63, 3.8) is 0 Å². The van der Waals surface area contributed by atoms with Gasteiger partial charge in [-0.05, 0) is 58.2 Å². The van der Waals surface area contributed by atoms with Crippen LogP contribution in [-0.4, -0.2) is 55.0 Å². The lowest BCUT2D eigenvalue weighted by Gasteiger charge is -2.17. The number of amides is 1. The third-order valence-corrected chi connectivity index (χ3v) is 5.26. The first-order valence-corrected chi connectivity index (χ1v) is 10.9. The Morgan fingerprint density at radius 2 is 1.87 bits per heavy atom. The Morgan fingerprint density at radius 3 is 2.48 bits per heavy atom. The van der Waals surface area contributed by atoms with Crippen LogP contribution in [0.5, 0.6) is 11.5 Å². The zero-order valence-electron chi connectivity index (χ0n) is 19.2. The van der Waals surface area contributed by atoms with Crippen molar-refractivity contribution in [3.05, 3.63) is 29.3 Å². The first kappa shape index (κ1) is 24.4. The van der Waals surface area contributed by atoms with Gasteiger partial charge >= 0.3 is 5.97 Å². The van der Waals surface area contributed by atoms with E-state index in [0.29, 0.717) is 50.6 Å². The number of hydrogen-bond donors (Lipinski definition) is 0. The van der Waals surface area contributed by atoms with Crippen molar-refractivity contribution >= 4 is 23.2 Å². The van der Waals surface area contributed by atoms with E-state index in [2.05, 4.69) is 0 Å². The smallest absolute Gasteiger partial charge is 0.305 e.